The molecule has 1 amide bonds. The first-order valence-electron chi connectivity index (χ1n) is 9.29. The lowest BCUT2D eigenvalue weighted by atomic mass is 9.61. The molecule has 1 unspecified atom stereocenters. The normalized spacial score (nSPS) is 32.4. The zero-order chi connectivity index (χ0) is 21.1. The number of fused-ring (bicyclic) bond motifs is 2. The van der Waals surface area contributed by atoms with Crippen molar-refractivity contribution >= 4 is 12.1 Å². The highest BCUT2D eigenvalue weighted by Gasteiger charge is 2.66. The van der Waals surface area contributed by atoms with Crippen LogP contribution in [0, 0.1) is 17.0 Å². The van der Waals surface area contributed by atoms with Crippen molar-refractivity contribution in [3.05, 3.63) is 34.9 Å². The maximum atomic E-state index is 14.0. The zero-order valence-corrected chi connectivity index (χ0v) is 16.4. The fraction of sp³-hybridized carbons (Fsp3) is 0.600. The van der Waals surface area contributed by atoms with Crippen LogP contribution in [-0.2, 0) is 21.7 Å². The molecule has 28 heavy (non-hydrogen) atoms. The monoisotopic (exact) mass is 396 g/mol. The zero-order valence-electron chi connectivity index (χ0n) is 16.4. The Labute approximate surface area is 162 Å². The molecule has 2 heterocycles. The van der Waals surface area contributed by atoms with E-state index >= 15 is 0 Å². The number of hydrogen-bond acceptors (Lipinski definition) is 5. The second-order valence-electron chi connectivity index (χ2n) is 8.80. The molecule has 0 aliphatic carbocycles. The average Bonchev–Trinajstić information content (AvgIpc) is 2.93. The molecule has 2 aliphatic heterocycles. The number of likely N-dealkylation sites (tertiary alicyclic amines) is 1. The minimum absolute atomic E-state index is 0.00184. The molecule has 1 saturated heterocycles. The summed E-state index contributed by atoms with van der Waals surface area (Å²) < 4.78 is 33.1. The van der Waals surface area contributed by atoms with E-state index in [4.69, 9.17) is 4.74 Å². The highest BCUT2D eigenvalue weighted by atomic mass is 19.2. The number of benzene rings is 1. The molecule has 1 spiro atoms. The fourth-order valence-corrected chi connectivity index (χ4v) is 4.99. The van der Waals surface area contributed by atoms with Gasteiger partial charge in [0.15, 0.2) is 11.6 Å². The Morgan fingerprint density at radius 2 is 1.82 bits per heavy atom. The third kappa shape index (κ3) is 2.43. The summed E-state index contributed by atoms with van der Waals surface area (Å²) in [6.07, 6.45) is -1.39. The van der Waals surface area contributed by atoms with Gasteiger partial charge in [-0.3, -0.25) is 4.48 Å². The van der Waals surface area contributed by atoms with Crippen LogP contribution in [0.15, 0.2) is 12.1 Å². The summed E-state index contributed by atoms with van der Waals surface area (Å²) in [6.45, 7) is 6.33. The highest BCUT2D eigenvalue weighted by Crippen LogP contribution is 2.58. The van der Waals surface area contributed by atoms with Crippen molar-refractivity contribution in [1.29, 1.82) is 0 Å². The Kier molecular flexibility index (Phi) is 4.59. The van der Waals surface area contributed by atoms with E-state index in [2.05, 4.69) is 0 Å². The number of quaternary nitrogens is 1. The number of halogens is 2. The molecule has 1 fully saturated rings. The lowest BCUT2D eigenvalue weighted by molar-refractivity contribution is -0.932. The van der Waals surface area contributed by atoms with Crippen molar-refractivity contribution in [1.82, 2.24) is 0 Å². The van der Waals surface area contributed by atoms with Crippen molar-refractivity contribution in [2.45, 2.75) is 58.3 Å². The number of piperidine rings is 1. The summed E-state index contributed by atoms with van der Waals surface area (Å²) in [5.74, 6) is -3.62. The fourth-order valence-electron chi connectivity index (χ4n) is 4.99. The Morgan fingerprint density at radius 3 is 2.32 bits per heavy atom. The van der Waals surface area contributed by atoms with Crippen LogP contribution in [0.25, 0.3) is 0 Å². The van der Waals surface area contributed by atoms with Gasteiger partial charge >= 0.3 is 0 Å². The number of rotatable bonds is 2. The smallest absolute Gasteiger partial charge is 0.257 e. The third-order valence-electron chi connectivity index (χ3n) is 6.84. The standard InChI is InChI=1S/C20H25F2NO5/c1-5-19(16(24)25)11-23(17(26)27,18(2,3)4)7-6-20(19)13-9-15(22)14(21)8-12(13)10-28-20/h8-9H,5-7,10-11H2,1-4H3,(H-,24,25,26,27)/p-1/t19-,20+,23?/m1/s1. The van der Waals surface area contributed by atoms with Crippen LogP contribution in [0.2, 0.25) is 0 Å². The van der Waals surface area contributed by atoms with Crippen LogP contribution in [-0.4, -0.2) is 35.2 Å². The molecule has 0 bridgehead atoms. The van der Waals surface area contributed by atoms with E-state index in [-0.39, 0.29) is 38.1 Å². The van der Waals surface area contributed by atoms with E-state index in [1.807, 2.05) is 0 Å². The molecule has 3 atom stereocenters. The van der Waals surface area contributed by atoms with Crippen LogP contribution >= 0.6 is 0 Å². The summed E-state index contributed by atoms with van der Waals surface area (Å²) in [6, 6.07) is 1.98. The van der Waals surface area contributed by atoms with Crippen LogP contribution in [0.4, 0.5) is 13.6 Å². The van der Waals surface area contributed by atoms with Crippen LogP contribution in [0.5, 0.6) is 0 Å². The minimum atomic E-state index is -1.76. The van der Waals surface area contributed by atoms with Crippen molar-refractivity contribution in [2.24, 2.45) is 5.41 Å². The predicted molar refractivity (Wildman–Crippen MR) is 90.3 cm³/mol. The summed E-state index contributed by atoms with van der Waals surface area (Å²) in [5.41, 5.74) is -3.49. The molecule has 0 aromatic heterocycles. The molecular weight excluding hydrogens is 372 g/mol. The van der Waals surface area contributed by atoms with Crippen molar-refractivity contribution in [3.63, 3.8) is 0 Å². The first-order valence-corrected chi connectivity index (χ1v) is 9.29. The molecule has 8 heteroatoms. The summed E-state index contributed by atoms with van der Waals surface area (Å²) in [7, 11) is 0. The largest absolute Gasteiger partial charge is 0.549 e. The molecular formula is C20H24F2NO5-. The maximum Gasteiger partial charge on any atom is 0.257 e. The van der Waals surface area contributed by atoms with Gasteiger partial charge in [0.1, 0.15) is 5.60 Å². The Morgan fingerprint density at radius 1 is 1.21 bits per heavy atom. The molecule has 1 aromatic carbocycles. The van der Waals surface area contributed by atoms with E-state index in [1.54, 1.807) is 27.7 Å². The lowest BCUT2D eigenvalue weighted by Crippen LogP contribution is -2.78. The number of ether oxygens (including phenoxy) is 1. The molecule has 0 radical (unpaired) electrons. The second kappa shape index (κ2) is 6.22. The SMILES string of the molecule is CC[C@]1(C(=O)[O-])C[N+](C(=O)[O-])(C(C)(C)C)CC[C@@]12OCc1cc(F)c(F)cc12. The van der Waals surface area contributed by atoms with Gasteiger partial charge in [-0.25, -0.2) is 8.78 Å². The summed E-state index contributed by atoms with van der Waals surface area (Å²) in [5, 5.41) is 24.7. The lowest BCUT2D eigenvalue weighted by Gasteiger charge is -2.61. The molecule has 0 N–H and O–H groups in total. The number of nitrogens with zero attached hydrogens (tertiary/aromatic N) is 1. The van der Waals surface area contributed by atoms with Crippen LogP contribution < -0.4 is 10.2 Å². The quantitative estimate of drug-likeness (QED) is 0.701. The van der Waals surface area contributed by atoms with Crippen molar-refractivity contribution < 1.29 is 37.8 Å². The minimum Gasteiger partial charge on any atom is -0.549 e. The van der Waals surface area contributed by atoms with Crippen LogP contribution in [0.3, 0.4) is 0 Å². The Bertz CT molecular complexity index is 852. The van der Waals surface area contributed by atoms with E-state index in [9.17, 15) is 28.6 Å². The van der Waals surface area contributed by atoms with Gasteiger partial charge in [0.2, 0.25) is 0 Å². The van der Waals surface area contributed by atoms with Gasteiger partial charge in [-0.05, 0) is 50.5 Å². The molecule has 154 valence electrons. The van der Waals surface area contributed by atoms with Gasteiger partial charge in [-0.15, -0.1) is 0 Å². The number of carboxylic acid groups (broad SMARTS) is 2. The van der Waals surface area contributed by atoms with Crippen molar-refractivity contribution in [3.8, 4) is 0 Å². The first-order chi connectivity index (χ1) is 12.9. The summed E-state index contributed by atoms with van der Waals surface area (Å²) in [4.78, 5) is 24.7. The Balaban J connectivity index is 2.26. The number of carbonyl (C=O) groups is 2. The van der Waals surface area contributed by atoms with E-state index < -0.39 is 44.7 Å². The Hall–Kier alpha value is -2.06. The molecule has 2 aliphatic rings. The van der Waals surface area contributed by atoms with Gasteiger partial charge in [-0.2, -0.15) is 0 Å². The maximum absolute atomic E-state index is 14.0. The number of hydrogen-bond donors (Lipinski definition) is 0. The van der Waals surface area contributed by atoms with E-state index in [1.165, 1.54) is 0 Å². The predicted octanol–water partition coefficient (Wildman–Crippen LogP) is 1.20. The molecule has 3 rings (SSSR count). The van der Waals surface area contributed by atoms with E-state index in [0.717, 1.165) is 12.1 Å². The van der Waals surface area contributed by atoms with Gasteiger partial charge in [0, 0.05) is 6.42 Å². The van der Waals surface area contributed by atoms with Gasteiger partial charge in [0.05, 0.1) is 36.6 Å². The van der Waals surface area contributed by atoms with Gasteiger partial charge < -0.3 is 24.5 Å². The average molecular weight is 396 g/mol. The van der Waals surface area contributed by atoms with Crippen LogP contribution in [0.1, 0.15) is 51.7 Å². The summed E-state index contributed by atoms with van der Waals surface area (Å²) >= 11 is 0. The highest BCUT2D eigenvalue weighted by molar-refractivity contribution is 5.76. The van der Waals surface area contributed by atoms with Gasteiger partial charge in [0.25, 0.3) is 6.09 Å². The first kappa shape index (κ1) is 20.7. The molecule has 0 saturated carbocycles. The van der Waals surface area contributed by atoms with Crippen molar-refractivity contribution in [2.75, 3.05) is 13.1 Å². The molecule has 6 nitrogen and oxygen atoms in total. The topological polar surface area (TPSA) is 89.5 Å². The second-order valence-corrected chi connectivity index (χ2v) is 8.80. The number of amides is 1. The van der Waals surface area contributed by atoms with E-state index in [0.29, 0.717) is 5.56 Å². The molecule has 1 aromatic rings. The third-order valence-corrected chi connectivity index (χ3v) is 6.84. The number of carbonyl (C=O) groups excluding carboxylic acids is 2. The number of aliphatic carboxylic acids is 1. The van der Waals surface area contributed by atoms with Gasteiger partial charge in [-0.1, -0.05) is 6.92 Å². The number of carboxylic acids is 1.